The van der Waals surface area contributed by atoms with E-state index in [1.54, 1.807) is 12.1 Å². The molecule has 2 N–H and O–H groups in total. The number of esters is 1. The third-order valence-corrected chi connectivity index (χ3v) is 4.40. The number of carbonyl (C=O) groups is 1. The first kappa shape index (κ1) is 14.5. The van der Waals surface area contributed by atoms with Crippen molar-refractivity contribution in [1.29, 1.82) is 0 Å². The molecule has 1 aliphatic rings. The molecule has 1 fully saturated rings. The summed E-state index contributed by atoms with van der Waals surface area (Å²) in [5.41, 5.74) is 6.28. The van der Waals surface area contributed by atoms with Crippen LogP contribution in [0.5, 0.6) is 0 Å². The Morgan fingerprint density at radius 2 is 2.37 bits per heavy atom. The van der Waals surface area contributed by atoms with Gasteiger partial charge in [0.2, 0.25) is 0 Å². The van der Waals surface area contributed by atoms with E-state index in [1.807, 2.05) is 0 Å². The van der Waals surface area contributed by atoms with Crippen molar-refractivity contribution in [1.82, 2.24) is 0 Å². The molecule has 0 aromatic heterocycles. The zero-order valence-corrected chi connectivity index (χ0v) is 12.4. The molecular formula is C14H17BrFNO2. The van der Waals surface area contributed by atoms with E-state index in [9.17, 15) is 9.18 Å². The Labute approximate surface area is 120 Å². The molecule has 1 saturated carbocycles. The van der Waals surface area contributed by atoms with Gasteiger partial charge >= 0.3 is 5.97 Å². The van der Waals surface area contributed by atoms with E-state index < -0.39 is 5.41 Å². The zero-order chi connectivity index (χ0) is 14.0. The second-order valence-corrected chi connectivity index (χ2v) is 6.05. The van der Waals surface area contributed by atoms with Crippen LogP contribution >= 0.6 is 15.9 Å². The molecule has 0 heterocycles. The maximum atomic E-state index is 13.2. The highest BCUT2D eigenvalue weighted by molar-refractivity contribution is 9.10. The van der Waals surface area contributed by atoms with Gasteiger partial charge < -0.3 is 10.5 Å². The highest BCUT2D eigenvalue weighted by Gasteiger charge is 2.45. The van der Waals surface area contributed by atoms with Gasteiger partial charge in [0.25, 0.3) is 0 Å². The van der Waals surface area contributed by atoms with Gasteiger partial charge in [-0.3, -0.25) is 4.79 Å². The van der Waals surface area contributed by atoms with Crippen LogP contribution in [0.4, 0.5) is 4.39 Å². The predicted molar refractivity (Wildman–Crippen MR) is 74.1 cm³/mol. The minimum absolute atomic E-state index is 0.0305. The smallest absolute Gasteiger partial charge is 0.312 e. The van der Waals surface area contributed by atoms with E-state index >= 15 is 0 Å². The van der Waals surface area contributed by atoms with Crippen molar-refractivity contribution in [2.45, 2.75) is 31.7 Å². The van der Waals surface area contributed by atoms with Gasteiger partial charge in [0.1, 0.15) is 5.82 Å². The summed E-state index contributed by atoms with van der Waals surface area (Å²) >= 11 is 3.16. The minimum Gasteiger partial charge on any atom is -0.469 e. The second-order valence-electron chi connectivity index (χ2n) is 5.20. The average molecular weight is 330 g/mol. The van der Waals surface area contributed by atoms with Gasteiger partial charge in [0.15, 0.2) is 0 Å². The molecule has 0 saturated heterocycles. The fourth-order valence-electron chi connectivity index (χ4n) is 2.84. The molecule has 104 valence electrons. The van der Waals surface area contributed by atoms with Gasteiger partial charge in [-0.05, 0) is 59.3 Å². The van der Waals surface area contributed by atoms with Crippen molar-refractivity contribution >= 4 is 21.9 Å². The normalized spacial score (nSPS) is 26.4. The highest BCUT2D eigenvalue weighted by atomic mass is 79.9. The number of hydrogen-bond acceptors (Lipinski definition) is 3. The summed E-state index contributed by atoms with van der Waals surface area (Å²) in [6.45, 7) is 0. The first-order valence-corrected chi connectivity index (χ1v) is 7.04. The van der Waals surface area contributed by atoms with Crippen LogP contribution in [-0.2, 0) is 16.0 Å². The molecule has 2 atom stereocenters. The maximum absolute atomic E-state index is 13.2. The Morgan fingerprint density at radius 1 is 1.63 bits per heavy atom. The second kappa shape index (κ2) is 5.59. The van der Waals surface area contributed by atoms with E-state index in [4.69, 9.17) is 10.5 Å². The van der Waals surface area contributed by atoms with Crippen LogP contribution in [0.1, 0.15) is 24.8 Å². The first-order chi connectivity index (χ1) is 8.97. The molecule has 0 amide bonds. The maximum Gasteiger partial charge on any atom is 0.312 e. The van der Waals surface area contributed by atoms with Crippen molar-refractivity contribution in [2.24, 2.45) is 11.1 Å². The van der Waals surface area contributed by atoms with E-state index in [-0.39, 0.29) is 17.8 Å². The zero-order valence-electron chi connectivity index (χ0n) is 10.8. The van der Waals surface area contributed by atoms with Crippen LogP contribution in [0.25, 0.3) is 0 Å². The number of halogens is 2. The van der Waals surface area contributed by atoms with Crippen molar-refractivity contribution in [3.63, 3.8) is 0 Å². The molecule has 1 aromatic carbocycles. The van der Waals surface area contributed by atoms with Crippen LogP contribution in [0, 0.1) is 11.2 Å². The van der Waals surface area contributed by atoms with Crippen LogP contribution in [0.15, 0.2) is 22.7 Å². The van der Waals surface area contributed by atoms with E-state index in [0.717, 1.165) is 18.4 Å². The summed E-state index contributed by atoms with van der Waals surface area (Å²) in [6, 6.07) is 4.85. The first-order valence-electron chi connectivity index (χ1n) is 6.25. The molecule has 1 aromatic rings. The number of ether oxygens (including phenoxy) is 1. The molecule has 5 heteroatoms. The van der Waals surface area contributed by atoms with Gasteiger partial charge in [0, 0.05) is 6.04 Å². The fraction of sp³-hybridized carbons (Fsp3) is 0.500. The monoisotopic (exact) mass is 329 g/mol. The lowest BCUT2D eigenvalue weighted by molar-refractivity contribution is -0.152. The van der Waals surface area contributed by atoms with E-state index in [1.165, 1.54) is 13.2 Å². The predicted octanol–water partition coefficient (Wildman–Crippen LogP) is 2.80. The van der Waals surface area contributed by atoms with Gasteiger partial charge in [-0.2, -0.15) is 0 Å². The van der Waals surface area contributed by atoms with Crippen LogP contribution in [-0.4, -0.2) is 19.1 Å². The SMILES string of the molecule is COC(=O)[C@@]1(Cc2ccc(F)c(Br)c2)CC[C@H](N)C1. The summed E-state index contributed by atoms with van der Waals surface area (Å²) < 4.78 is 18.6. The van der Waals surface area contributed by atoms with Gasteiger partial charge in [-0.15, -0.1) is 0 Å². The molecule has 1 aliphatic carbocycles. The number of rotatable bonds is 3. The Bertz CT molecular complexity index is 494. The summed E-state index contributed by atoms with van der Waals surface area (Å²) in [6.07, 6.45) is 2.69. The summed E-state index contributed by atoms with van der Waals surface area (Å²) in [7, 11) is 1.40. The Balaban J connectivity index is 2.26. The number of nitrogens with two attached hydrogens (primary N) is 1. The van der Waals surface area contributed by atoms with Crippen molar-refractivity contribution in [3.05, 3.63) is 34.1 Å². The summed E-state index contributed by atoms with van der Waals surface area (Å²) in [5, 5.41) is 0. The minimum atomic E-state index is -0.564. The van der Waals surface area contributed by atoms with Crippen LogP contribution < -0.4 is 5.73 Å². The van der Waals surface area contributed by atoms with Crippen molar-refractivity contribution < 1.29 is 13.9 Å². The molecular weight excluding hydrogens is 313 g/mol. The molecule has 0 bridgehead atoms. The molecule has 0 aliphatic heterocycles. The van der Waals surface area contributed by atoms with Gasteiger partial charge in [-0.25, -0.2) is 4.39 Å². The summed E-state index contributed by atoms with van der Waals surface area (Å²) in [5.74, 6) is -0.528. The lowest BCUT2D eigenvalue weighted by Crippen LogP contribution is -2.33. The van der Waals surface area contributed by atoms with Crippen LogP contribution in [0.2, 0.25) is 0 Å². The lowest BCUT2D eigenvalue weighted by Gasteiger charge is -2.26. The average Bonchev–Trinajstić information content (AvgIpc) is 2.75. The standard InChI is InChI=1S/C14H17BrFNO2/c1-19-13(18)14(5-4-10(17)8-14)7-9-2-3-12(16)11(15)6-9/h2-3,6,10H,4-5,7-8,17H2,1H3/t10-,14+/m0/s1. The van der Waals surface area contributed by atoms with E-state index in [2.05, 4.69) is 15.9 Å². The molecule has 2 rings (SSSR count). The topological polar surface area (TPSA) is 52.3 Å². The van der Waals surface area contributed by atoms with Crippen molar-refractivity contribution in [3.8, 4) is 0 Å². The Hall–Kier alpha value is -0.940. The van der Waals surface area contributed by atoms with Crippen LogP contribution in [0.3, 0.4) is 0 Å². The number of hydrogen-bond donors (Lipinski definition) is 1. The highest BCUT2D eigenvalue weighted by Crippen LogP contribution is 2.41. The fourth-order valence-corrected chi connectivity index (χ4v) is 3.27. The molecule has 0 spiro atoms. The third kappa shape index (κ3) is 2.98. The quantitative estimate of drug-likeness (QED) is 0.867. The molecule has 19 heavy (non-hydrogen) atoms. The van der Waals surface area contributed by atoms with Gasteiger partial charge in [0.05, 0.1) is 17.0 Å². The molecule has 0 unspecified atom stereocenters. The lowest BCUT2D eigenvalue weighted by atomic mass is 9.80. The molecule has 0 radical (unpaired) electrons. The Kier molecular flexibility index (Phi) is 4.26. The van der Waals surface area contributed by atoms with Crippen molar-refractivity contribution in [2.75, 3.05) is 7.11 Å². The number of benzene rings is 1. The summed E-state index contributed by atoms with van der Waals surface area (Å²) in [4.78, 5) is 12.1. The third-order valence-electron chi connectivity index (χ3n) is 3.79. The Morgan fingerprint density at radius 3 is 2.89 bits per heavy atom. The van der Waals surface area contributed by atoms with E-state index in [0.29, 0.717) is 17.3 Å². The van der Waals surface area contributed by atoms with Gasteiger partial charge in [-0.1, -0.05) is 6.07 Å². The number of methoxy groups -OCH3 is 1. The largest absolute Gasteiger partial charge is 0.469 e. The number of carbonyl (C=O) groups excluding carboxylic acids is 1. The molecule has 3 nitrogen and oxygen atoms in total.